The van der Waals surface area contributed by atoms with Crippen molar-refractivity contribution in [1.82, 2.24) is 4.90 Å². The lowest BCUT2D eigenvalue weighted by atomic mass is 9.94. The summed E-state index contributed by atoms with van der Waals surface area (Å²) in [5.41, 5.74) is 1.39. The van der Waals surface area contributed by atoms with Crippen LogP contribution in [0.4, 0.5) is 0 Å². The first kappa shape index (κ1) is 13.9. The van der Waals surface area contributed by atoms with Crippen LogP contribution >= 0.6 is 11.8 Å². The van der Waals surface area contributed by atoms with Crippen LogP contribution in [-0.4, -0.2) is 36.0 Å². The van der Waals surface area contributed by atoms with E-state index in [1.54, 1.807) is 0 Å². The highest BCUT2D eigenvalue weighted by Crippen LogP contribution is 2.20. The first-order valence-electron chi connectivity index (χ1n) is 6.79. The van der Waals surface area contributed by atoms with Crippen molar-refractivity contribution >= 4 is 11.8 Å². The van der Waals surface area contributed by atoms with E-state index >= 15 is 0 Å². The molecule has 0 aromatic heterocycles. The van der Waals surface area contributed by atoms with Crippen molar-refractivity contribution < 1.29 is 5.32 Å². The summed E-state index contributed by atoms with van der Waals surface area (Å²) in [7, 11) is 4.03. The second-order valence-electron chi connectivity index (χ2n) is 5.06. The molecule has 1 aliphatic rings. The summed E-state index contributed by atoms with van der Waals surface area (Å²) < 4.78 is 0. The molecule has 0 bridgehead atoms. The lowest BCUT2D eigenvalue weighted by Gasteiger charge is -2.32. The van der Waals surface area contributed by atoms with Gasteiger partial charge in [0.15, 0.2) is 0 Å². The highest BCUT2D eigenvalue weighted by Gasteiger charge is 2.22. The minimum Gasteiger partial charge on any atom is -0.472 e. The smallest absolute Gasteiger partial charge is 0.0914 e. The number of nitrogens with zero attached hydrogens (tertiary/aromatic N) is 1. The van der Waals surface area contributed by atoms with Gasteiger partial charge in [0.05, 0.1) is 6.04 Å². The van der Waals surface area contributed by atoms with Crippen LogP contribution in [0.25, 0.3) is 0 Å². The van der Waals surface area contributed by atoms with E-state index in [9.17, 15) is 0 Å². The van der Waals surface area contributed by atoms with Crippen molar-refractivity contribution in [2.45, 2.75) is 13.0 Å². The number of hydrogen-bond donors (Lipinski definition) is 1. The van der Waals surface area contributed by atoms with E-state index in [-0.39, 0.29) is 0 Å². The first-order chi connectivity index (χ1) is 8.81. The normalized spacial score (nSPS) is 20.6. The summed E-state index contributed by atoms with van der Waals surface area (Å²) in [6.45, 7) is 6.02. The van der Waals surface area contributed by atoms with Gasteiger partial charge in [0, 0.05) is 42.6 Å². The number of benzene rings is 1. The maximum absolute atomic E-state index is 4.03. The Labute approximate surface area is 115 Å². The maximum Gasteiger partial charge on any atom is 0.0914 e. The van der Waals surface area contributed by atoms with E-state index in [1.807, 2.05) is 0 Å². The molecule has 100 valence electrons. The number of thioether (sulfide) groups is 1. The number of hydrogen-bond acceptors (Lipinski definition) is 2. The molecule has 18 heavy (non-hydrogen) atoms. The first-order valence-corrected chi connectivity index (χ1v) is 7.94. The molecule has 1 fully saturated rings. The quantitative estimate of drug-likeness (QED) is 0.818. The Morgan fingerprint density at radius 2 is 1.94 bits per heavy atom. The van der Waals surface area contributed by atoms with Crippen molar-refractivity contribution in [2.75, 3.05) is 31.1 Å². The Bertz CT molecular complexity index is 336. The highest BCUT2D eigenvalue weighted by atomic mass is 32.2. The SMILES string of the molecule is [CH2-][NH2+][C@@H](c1ccccc1)[C@@H](C)CN1CCSCC1. The molecule has 2 rings (SSSR count). The van der Waals surface area contributed by atoms with Crippen LogP contribution < -0.4 is 5.32 Å². The third-order valence-corrected chi connectivity index (χ3v) is 4.64. The van der Waals surface area contributed by atoms with Gasteiger partial charge in [0.2, 0.25) is 0 Å². The molecule has 0 amide bonds. The van der Waals surface area contributed by atoms with E-state index in [0.29, 0.717) is 12.0 Å². The summed E-state index contributed by atoms with van der Waals surface area (Å²) in [5, 5.41) is 2.11. The van der Waals surface area contributed by atoms with Crippen LogP contribution in [0.2, 0.25) is 0 Å². The van der Waals surface area contributed by atoms with Crippen molar-refractivity contribution in [3.8, 4) is 0 Å². The fourth-order valence-electron chi connectivity index (χ4n) is 2.68. The van der Waals surface area contributed by atoms with Crippen LogP contribution in [0.1, 0.15) is 18.5 Å². The zero-order chi connectivity index (χ0) is 12.8. The summed E-state index contributed by atoms with van der Waals surface area (Å²) in [4.78, 5) is 2.60. The van der Waals surface area contributed by atoms with Crippen LogP contribution in [0.5, 0.6) is 0 Å². The summed E-state index contributed by atoms with van der Waals surface area (Å²) in [6.07, 6.45) is 0. The minimum absolute atomic E-state index is 0.473. The van der Waals surface area contributed by atoms with Crippen LogP contribution in [0, 0.1) is 13.0 Å². The molecule has 0 radical (unpaired) electrons. The third-order valence-electron chi connectivity index (χ3n) is 3.70. The van der Waals surface area contributed by atoms with Crippen molar-refractivity contribution in [1.29, 1.82) is 0 Å². The topological polar surface area (TPSA) is 19.9 Å². The molecule has 0 spiro atoms. The molecule has 0 aliphatic carbocycles. The molecular formula is C15H24N2S. The second-order valence-corrected chi connectivity index (χ2v) is 6.29. The van der Waals surface area contributed by atoms with Gasteiger partial charge in [-0.1, -0.05) is 37.3 Å². The van der Waals surface area contributed by atoms with Gasteiger partial charge in [-0.2, -0.15) is 18.8 Å². The molecule has 1 heterocycles. The zero-order valence-electron chi connectivity index (χ0n) is 11.2. The molecule has 2 atom stereocenters. The molecule has 1 aromatic rings. The standard InChI is InChI=1S/C15H24N2S/c1-13(12-17-8-10-18-11-9-17)15(16-2)14-6-4-3-5-7-14/h3-7,13,15H,2,8-12,16H2,1H3/t13-,15+/m0/s1. The molecular weight excluding hydrogens is 240 g/mol. The largest absolute Gasteiger partial charge is 0.472 e. The fourth-order valence-corrected chi connectivity index (χ4v) is 3.66. The van der Waals surface area contributed by atoms with E-state index in [4.69, 9.17) is 0 Å². The van der Waals surface area contributed by atoms with Crippen molar-refractivity contribution in [3.05, 3.63) is 42.9 Å². The van der Waals surface area contributed by atoms with Gasteiger partial charge in [0.25, 0.3) is 0 Å². The van der Waals surface area contributed by atoms with E-state index in [1.165, 1.54) is 36.7 Å². The van der Waals surface area contributed by atoms with Gasteiger partial charge in [-0.15, -0.1) is 0 Å². The Balaban J connectivity index is 1.94. The molecule has 0 saturated carbocycles. The van der Waals surface area contributed by atoms with Crippen molar-refractivity contribution in [3.63, 3.8) is 0 Å². The molecule has 3 heteroatoms. The van der Waals surface area contributed by atoms with Crippen molar-refractivity contribution in [2.24, 2.45) is 5.92 Å². The van der Waals surface area contributed by atoms with Crippen LogP contribution in [0.3, 0.4) is 0 Å². The molecule has 2 nitrogen and oxygen atoms in total. The number of quaternary nitrogens is 1. The zero-order valence-corrected chi connectivity index (χ0v) is 12.0. The molecule has 1 aliphatic heterocycles. The van der Waals surface area contributed by atoms with Crippen LogP contribution in [0.15, 0.2) is 30.3 Å². The molecule has 1 aromatic carbocycles. The predicted octanol–water partition coefficient (Wildman–Crippen LogP) is 1.77. The fraction of sp³-hybridized carbons (Fsp3) is 0.533. The average Bonchev–Trinajstić information content (AvgIpc) is 2.42. The number of nitrogens with two attached hydrogens (primary N) is 1. The minimum atomic E-state index is 0.473. The lowest BCUT2D eigenvalue weighted by Crippen LogP contribution is -2.80. The van der Waals surface area contributed by atoms with Crippen LogP contribution in [-0.2, 0) is 0 Å². The van der Waals surface area contributed by atoms with E-state index < -0.39 is 0 Å². The van der Waals surface area contributed by atoms with Gasteiger partial charge in [-0.25, -0.2) is 0 Å². The highest BCUT2D eigenvalue weighted by molar-refractivity contribution is 7.99. The molecule has 1 saturated heterocycles. The lowest BCUT2D eigenvalue weighted by molar-refractivity contribution is -0.648. The Morgan fingerprint density at radius 1 is 1.28 bits per heavy atom. The predicted molar refractivity (Wildman–Crippen MR) is 79.4 cm³/mol. The monoisotopic (exact) mass is 264 g/mol. The number of rotatable bonds is 5. The third kappa shape index (κ3) is 3.74. The Morgan fingerprint density at radius 3 is 2.56 bits per heavy atom. The molecule has 0 unspecified atom stereocenters. The van der Waals surface area contributed by atoms with Gasteiger partial charge in [0.1, 0.15) is 0 Å². The maximum atomic E-state index is 4.03. The average molecular weight is 264 g/mol. The summed E-state index contributed by atoms with van der Waals surface area (Å²) in [6, 6.07) is 11.2. The molecule has 2 N–H and O–H groups in total. The van der Waals surface area contributed by atoms with Gasteiger partial charge >= 0.3 is 0 Å². The Hall–Kier alpha value is -0.510. The van der Waals surface area contributed by atoms with Gasteiger partial charge in [-0.05, 0) is 0 Å². The van der Waals surface area contributed by atoms with Gasteiger partial charge in [-0.3, -0.25) is 0 Å². The van der Waals surface area contributed by atoms with Gasteiger partial charge < -0.3 is 10.2 Å². The summed E-state index contributed by atoms with van der Waals surface area (Å²) in [5.74, 6) is 3.21. The van der Waals surface area contributed by atoms with E-state index in [0.717, 1.165) is 0 Å². The summed E-state index contributed by atoms with van der Waals surface area (Å²) >= 11 is 2.07. The Kier molecular flexibility index (Phi) is 5.54. The van der Waals surface area contributed by atoms with E-state index in [2.05, 4.69) is 66.3 Å². The second kappa shape index (κ2) is 7.17.